The molecular formula is C6H7BrF2N2O. The van der Waals surface area contributed by atoms with Crippen LogP contribution in [0.2, 0.25) is 0 Å². The summed E-state index contributed by atoms with van der Waals surface area (Å²) < 4.78 is 29.7. The molecule has 0 aliphatic heterocycles. The molecule has 0 spiro atoms. The third-order valence-corrected chi connectivity index (χ3v) is 2.01. The molecular weight excluding hydrogens is 234 g/mol. The van der Waals surface area contributed by atoms with Crippen LogP contribution in [0.5, 0.6) is 0 Å². The molecule has 0 aliphatic rings. The normalized spacial score (nSPS) is 13.8. The highest BCUT2D eigenvalue weighted by Gasteiger charge is 2.25. The summed E-state index contributed by atoms with van der Waals surface area (Å²) in [5.74, 6) is 5.03. The summed E-state index contributed by atoms with van der Waals surface area (Å²) in [5, 5.41) is 0. The van der Waals surface area contributed by atoms with Crippen molar-refractivity contribution in [3.63, 3.8) is 0 Å². The maximum Gasteiger partial charge on any atom is 0.262 e. The average Bonchev–Trinajstić information content (AvgIpc) is 2.38. The van der Waals surface area contributed by atoms with E-state index in [1.54, 1.807) is 0 Å². The number of hydrogen-bond acceptors (Lipinski definition) is 3. The second-order valence-corrected chi connectivity index (χ2v) is 2.97. The van der Waals surface area contributed by atoms with Gasteiger partial charge in [-0.3, -0.25) is 5.84 Å². The van der Waals surface area contributed by atoms with Crippen molar-refractivity contribution in [2.24, 2.45) is 5.84 Å². The molecule has 1 rings (SSSR count). The molecule has 1 aromatic rings. The van der Waals surface area contributed by atoms with Gasteiger partial charge in [-0.1, -0.05) is 0 Å². The van der Waals surface area contributed by atoms with Crippen molar-refractivity contribution in [3.8, 4) is 0 Å². The first kappa shape index (κ1) is 9.63. The minimum Gasteiger partial charge on any atom is -0.466 e. The minimum absolute atomic E-state index is 0.104. The van der Waals surface area contributed by atoms with Gasteiger partial charge in [0.25, 0.3) is 6.43 Å². The molecule has 3 N–H and O–H groups in total. The third kappa shape index (κ3) is 1.82. The van der Waals surface area contributed by atoms with Crippen molar-refractivity contribution in [2.45, 2.75) is 12.5 Å². The zero-order valence-corrected chi connectivity index (χ0v) is 7.51. The zero-order valence-electron chi connectivity index (χ0n) is 5.93. The predicted octanol–water partition coefficient (Wildman–Crippen LogP) is 1.81. The molecule has 0 saturated heterocycles. The van der Waals surface area contributed by atoms with E-state index in [-0.39, 0.29) is 5.76 Å². The number of nitrogens with one attached hydrogen (secondary N) is 1. The van der Waals surface area contributed by atoms with E-state index in [1.165, 1.54) is 12.3 Å². The number of hydrazine groups is 1. The topological polar surface area (TPSA) is 51.2 Å². The molecule has 1 atom stereocenters. The highest BCUT2D eigenvalue weighted by Crippen LogP contribution is 2.27. The van der Waals surface area contributed by atoms with Gasteiger partial charge in [-0.2, -0.15) is 0 Å². The van der Waals surface area contributed by atoms with Gasteiger partial charge in [0.1, 0.15) is 11.8 Å². The summed E-state index contributed by atoms with van der Waals surface area (Å²) in [6.07, 6.45) is -1.29. The summed E-state index contributed by atoms with van der Waals surface area (Å²) in [6.45, 7) is 0. The van der Waals surface area contributed by atoms with Crippen molar-refractivity contribution in [2.75, 3.05) is 0 Å². The Hall–Kier alpha value is -0.460. The lowest BCUT2D eigenvalue weighted by Gasteiger charge is -2.11. The molecule has 3 nitrogen and oxygen atoms in total. The van der Waals surface area contributed by atoms with E-state index >= 15 is 0 Å². The van der Waals surface area contributed by atoms with Crippen molar-refractivity contribution >= 4 is 15.9 Å². The summed E-state index contributed by atoms with van der Waals surface area (Å²) in [4.78, 5) is 0. The standard InChI is InChI=1S/C6H7BrF2N2O/c7-3-1-2-12-5(3)4(11-10)6(8)9/h1-2,4,6,11H,10H2. The molecule has 0 radical (unpaired) electrons. The molecule has 12 heavy (non-hydrogen) atoms. The van der Waals surface area contributed by atoms with E-state index < -0.39 is 12.5 Å². The number of nitrogens with two attached hydrogens (primary N) is 1. The number of rotatable bonds is 3. The first-order valence-electron chi connectivity index (χ1n) is 3.14. The maximum atomic E-state index is 12.2. The quantitative estimate of drug-likeness (QED) is 0.626. The number of furan rings is 1. The number of hydrogen-bond donors (Lipinski definition) is 2. The van der Waals surface area contributed by atoms with Gasteiger partial charge in [0.15, 0.2) is 0 Å². The SMILES string of the molecule is NNC(c1occc1Br)C(F)F. The molecule has 6 heteroatoms. The minimum atomic E-state index is -2.60. The van der Waals surface area contributed by atoms with Crippen LogP contribution in [-0.4, -0.2) is 6.43 Å². The van der Waals surface area contributed by atoms with Gasteiger partial charge in [0.2, 0.25) is 0 Å². The number of halogens is 3. The van der Waals surface area contributed by atoms with Crippen molar-refractivity contribution in [3.05, 3.63) is 22.6 Å². The van der Waals surface area contributed by atoms with Gasteiger partial charge in [-0.25, -0.2) is 14.2 Å². The molecule has 1 heterocycles. The van der Waals surface area contributed by atoms with Crippen LogP contribution in [0, 0.1) is 0 Å². The van der Waals surface area contributed by atoms with Crippen LogP contribution in [0.4, 0.5) is 8.78 Å². The molecule has 0 bridgehead atoms. The van der Waals surface area contributed by atoms with Gasteiger partial charge in [-0.15, -0.1) is 0 Å². The average molecular weight is 241 g/mol. The van der Waals surface area contributed by atoms with Crippen LogP contribution in [-0.2, 0) is 0 Å². The Balaban J connectivity index is 2.87. The van der Waals surface area contributed by atoms with Crippen molar-refractivity contribution in [1.82, 2.24) is 5.43 Å². The highest BCUT2D eigenvalue weighted by molar-refractivity contribution is 9.10. The third-order valence-electron chi connectivity index (χ3n) is 1.36. The van der Waals surface area contributed by atoms with Crippen LogP contribution in [0.3, 0.4) is 0 Å². The predicted molar refractivity (Wildman–Crippen MR) is 42.5 cm³/mol. The maximum absolute atomic E-state index is 12.2. The van der Waals surface area contributed by atoms with Gasteiger partial charge in [0.05, 0.1) is 10.7 Å². The summed E-state index contributed by atoms with van der Waals surface area (Å²) in [6, 6.07) is 0.261. The Labute approximate surface area is 76.0 Å². The van der Waals surface area contributed by atoms with Crippen molar-refractivity contribution < 1.29 is 13.2 Å². The van der Waals surface area contributed by atoms with Gasteiger partial charge in [-0.05, 0) is 22.0 Å². The molecule has 0 aliphatic carbocycles. The van der Waals surface area contributed by atoms with E-state index in [0.29, 0.717) is 4.47 Å². The van der Waals surface area contributed by atoms with Crippen LogP contribution < -0.4 is 11.3 Å². The lowest BCUT2D eigenvalue weighted by atomic mass is 10.2. The molecule has 0 amide bonds. The fraction of sp³-hybridized carbons (Fsp3) is 0.333. The van der Waals surface area contributed by atoms with Gasteiger partial charge in [0, 0.05) is 0 Å². The van der Waals surface area contributed by atoms with Gasteiger partial charge < -0.3 is 4.42 Å². The molecule has 0 fully saturated rings. The Bertz CT molecular complexity index is 253. The summed E-state index contributed by atoms with van der Waals surface area (Å²) in [5.41, 5.74) is 1.97. The van der Waals surface area contributed by atoms with Crippen LogP contribution in [0.25, 0.3) is 0 Å². The molecule has 1 unspecified atom stereocenters. The lowest BCUT2D eigenvalue weighted by molar-refractivity contribution is 0.0877. The summed E-state index contributed by atoms with van der Waals surface area (Å²) in [7, 11) is 0. The van der Waals surface area contributed by atoms with Gasteiger partial charge >= 0.3 is 0 Å². The molecule has 0 aromatic carbocycles. The fourth-order valence-corrected chi connectivity index (χ4v) is 1.24. The van der Waals surface area contributed by atoms with Crippen LogP contribution >= 0.6 is 15.9 Å². The Morgan fingerprint density at radius 2 is 2.25 bits per heavy atom. The zero-order chi connectivity index (χ0) is 9.14. The smallest absolute Gasteiger partial charge is 0.262 e. The van der Waals surface area contributed by atoms with E-state index in [1.807, 2.05) is 5.43 Å². The second-order valence-electron chi connectivity index (χ2n) is 2.11. The van der Waals surface area contributed by atoms with E-state index in [0.717, 1.165) is 0 Å². The lowest BCUT2D eigenvalue weighted by Crippen LogP contribution is -2.32. The van der Waals surface area contributed by atoms with E-state index in [2.05, 4.69) is 15.9 Å². The molecule has 68 valence electrons. The largest absolute Gasteiger partial charge is 0.466 e. The van der Waals surface area contributed by atoms with Crippen LogP contribution in [0.15, 0.2) is 21.2 Å². The Morgan fingerprint density at radius 3 is 2.58 bits per heavy atom. The Kier molecular flexibility index (Phi) is 3.19. The van der Waals surface area contributed by atoms with Crippen molar-refractivity contribution in [1.29, 1.82) is 0 Å². The molecule has 0 saturated carbocycles. The number of alkyl halides is 2. The first-order chi connectivity index (χ1) is 5.66. The summed E-state index contributed by atoms with van der Waals surface area (Å²) >= 11 is 3.05. The van der Waals surface area contributed by atoms with E-state index in [9.17, 15) is 8.78 Å². The first-order valence-corrected chi connectivity index (χ1v) is 3.93. The Morgan fingerprint density at radius 1 is 1.58 bits per heavy atom. The second kappa shape index (κ2) is 3.97. The fourth-order valence-electron chi connectivity index (χ4n) is 0.790. The monoisotopic (exact) mass is 240 g/mol. The molecule has 1 aromatic heterocycles. The van der Waals surface area contributed by atoms with Crippen LogP contribution in [0.1, 0.15) is 11.8 Å². The van der Waals surface area contributed by atoms with E-state index in [4.69, 9.17) is 10.3 Å². The highest BCUT2D eigenvalue weighted by atomic mass is 79.9.